The largest absolute Gasteiger partial charge is 0.389 e. The number of thioether (sulfide) groups is 1. The minimum atomic E-state index is -0.513. The monoisotopic (exact) mass is 276 g/mol. The van der Waals surface area contributed by atoms with E-state index in [2.05, 4.69) is 24.8 Å². The van der Waals surface area contributed by atoms with E-state index in [-0.39, 0.29) is 4.75 Å². The van der Waals surface area contributed by atoms with E-state index < -0.39 is 6.10 Å². The van der Waals surface area contributed by atoms with Gasteiger partial charge in [-0.2, -0.15) is 17.0 Å². The Morgan fingerprint density at radius 1 is 1.47 bits per heavy atom. The average molecular weight is 276 g/mol. The summed E-state index contributed by atoms with van der Waals surface area (Å²) in [6.07, 6.45) is -0.513. The second-order valence-corrected chi connectivity index (χ2v) is 7.39. The summed E-state index contributed by atoms with van der Waals surface area (Å²) < 4.78 is 0.205. The van der Waals surface area contributed by atoms with Crippen molar-refractivity contribution in [3.8, 4) is 6.07 Å². The van der Waals surface area contributed by atoms with Gasteiger partial charge in [0.05, 0.1) is 17.7 Å². The van der Waals surface area contributed by atoms with Crippen LogP contribution in [0.3, 0.4) is 0 Å². The van der Waals surface area contributed by atoms with Crippen LogP contribution in [-0.2, 0) is 0 Å². The van der Waals surface area contributed by atoms with Gasteiger partial charge in [-0.1, -0.05) is 6.07 Å². The van der Waals surface area contributed by atoms with Crippen molar-refractivity contribution in [3.05, 3.63) is 29.3 Å². The van der Waals surface area contributed by atoms with Crippen molar-refractivity contribution < 1.29 is 5.11 Å². The normalized spacial score (nSPS) is 19.8. The van der Waals surface area contributed by atoms with Gasteiger partial charge < -0.3 is 10.0 Å². The summed E-state index contributed by atoms with van der Waals surface area (Å²) in [5.41, 5.74) is 2.56. The highest BCUT2D eigenvalue weighted by Crippen LogP contribution is 2.35. The Kier molecular flexibility index (Phi) is 4.07. The first kappa shape index (κ1) is 14.2. The maximum atomic E-state index is 9.91. The minimum Gasteiger partial charge on any atom is -0.389 e. The number of aliphatic hydroxyl groups is 1. The van der Waals surface area contributed by atoms with Crippen molar-refractivity contribution >= 4 is 17.4 Å². The Morgan fingerprint density at radius 2 is 2.21 bits per heavy atom. The summed E-state index contributed by atoms with van der Waals surface area (Å²) in [6.45, 7) is 8.14. The standard InChI is InChI=1S/C15H20N2OS/c1-11(18)13-5-4-12(9-16)8-14(13)17-6-7-19-15(2,3)10-17/h4-5,8,11,18H,6-7,10H2,1-3H3. The molecule has 4 heteroatoms. The fourth-order valence-electron chi connectivity index (χ4n) is 2.46. The number of benzene rings is 1. The van der Waals surface area contributed by atoms with Crippen LogP contribution in [0.2, 0.25) is 0 Å². The molecule has 1 aromatic rings. The molecule has 19 heavy (non-hydrogen) atoms. The van der Waals surface area contributed by atoms with Crippen LogP contribution in [0, 0.1) is 11.3 Å². The molecule has 1 N–H and O–H groups in total. The van der Waals surface area contributed by atoms with Crippen LogP contribution in [0.5, 0.6) is 0 Å². The second-order valence-electron chi connectivity index (χ2n) is 5.59. The third-order valence-corrected chi connectivity index (χ3v) is 4.67. The van der Waals surface area contributed by atoms with Crippen molar-refractivity contribution in [1.29, 1.82) is 5.26 Å². The molecule has 0 spiro atoms. The van der Waals surface area contributed by atoms with Crippen molar-refractivity contribution in [3.63, 3.8) is 0 Å². The van der Waals surface area contributed by atoms with E-state index in [1.807, 2.05) is 23.9 Å². The lowest BCUT2D eigenvalue weighted by Gasteiger charge is -2.40. The first-order valence-electron chi connectivity index (χ1n) is 6.54. The lowest BCUT2D eigenvalue weighted by molar-refractivity contribution is 0.199. The van der Waals surface area contributed by atoms with Crippen LogP contribution < -0.4 is 4.90 Å². The Labute approximate surface area is 119 Å². The van der Waals surface area contributed by atoms with Gasteiger partial charge in [0.15, 0.2) is 0 Å². The first-order valence-corrected chi connectivity index (χ1v) is 7.52. The molecular formula is C15H20N2OS. The quantitative estimate of drug-likeness (QED) is 0.902. The number of aliphatic hydroxyl groups excluding tert-OH is 1. The van der Waals surface area contributed by atoms with Crippen molar-refractivity contribution in [2.45, 2.75) is 31.6 Å². The summed E-state index contributed by atoms with van der Waals surface area (Å²) >= 11 is 1.97. The maximum Gasteiger partial charge on any atom is 0.0992 e. The third kappa shape index (κ3) is 3.23. The molecule has 0 aromatic heterocycles. The third-order valence-electron chi connectivity index (χ3n) is 3.38. The van der Waals surface area contributed by atoms with Crippen molar-refractivity contribution in [1.82, 2.24) is 0 Å². The molecule has 3 nitrogen and oxygen atoms in total. The molecule has 0 amide bonds. The van der Waals surface area contributed by atoms with E-state index in [1.54, 1.807) is 13.0 Å². The van der Waals surface area contributed by atoms with Gasteiger partial charge in [0, 0.05) is 34.8 Å². The SMILES string of the molecule is CC(O)c1ccc(C#N)cc1N1CCSC(C)(C)C1. The average Bonchev–Trinajstić information content (AvgIpc) is 2.36. The Morgan fingerprint density at radius 3 is 2.79 bits per heavy atom. The molecule has 1 aromatic carbocycles. The van der Waals surface area contributed by atoms with Crippen LogP contribution in [-0.4, -0.2) is 28.7 Å². The van der Waals surface area contributed by atoms with E-state index in [0.29, 0.717) is 5.56 Å². The highest BCUT2D eigenvalue weighted by atomic mass is 32.2. The minimum absolute atomic E-state index is 0.205. The molecule has 1 saturated heterocycles. The molecule has 0 radical (unpaired) electrons. The van der Waals surface area contributed by atoms with E-state index in [4.69, 9.17) is 5.26 Å². The van der Waals surface area contributed by atoms with E-state index >= 15 is 0 Å². The summed E-state index contributed by atoms with van der Waals surface area (Å²) in [5, 5.41) is 19.0. The predicted octanol–water partition coefficient (Wildman–Crippen LogP) is 2.94. The van der Waals surface area contributed by atoms with Gasteiger partial charge in [0.25, 0.3) is 0 Å². The molecular weight excluding hydrogens is 256 g/mol. The summed E-state index contributed by atoms with van der Waals surface area (Å²) in [6, 6.07) is 7.72. The van der Waals surface area contributed by atoms with Gasteiger partial charge in [0.2, 0.25) is 0 Å². The summed E-state index contributed by atoms with van der Waals surface area (Å²) in [5.74, 6) is 1.07. The zero-order valence-corrected chi connectivity index (χ0v) is 12.5. The number of hydrogen-bond acceptors (Lipinski definition) is 4. The number of nitriles is 1. The Hall–Kier alpha value is -1.18. The molecule has 2 rings (SSSR count). The molecule has 0 saturated carbocycles. The molecule has 0 aliphatic carbocycles. The summed E-state index contributed by atoms with van der Waals surface area (Å²) in [4.78, 5) is 2.29. The van der Waals surface area contributed by atoms with Crippen LogP contribution in [0.25, 0.3) is 0 Å². The van der Waals surface area contributed by atoms with Gasteiger partial charge in [-0.25, -0.2) is 0 Å². The fourth-order valence-corrected chi connectivity index (χ4v) is 3.57. The van der Waals surface area contributed by atoms with Crippen LogP contribution in [0.1, 0.15) is 38.0 Å². The molecule has 1 aliphatic rings. The number of anilines is 1. The van der Waals surface area contributed by atoms with E-state index in [1.165, 1.54) is 0 Å². The van der Waals surface area contributed by atoms with Crippen LogP contribution in [0.4, 0.5) is 5.69 Å². The molecule has 1 fully saturated rings. The van der Waals surface area contributed by atoms with Gasteiger partial charge in [-0.3, -0.25) is 0 Å². The van der Waals surface area contributed by atoms with Gasteiger partial charge in [0.1, 0.15) is 0 Å². The van der Waals surface area contributed by atoms with Gasteiger partial charge in [-0.05, 0) is 32.9 Å². The first-order chi connectivity index (χ1) is 8.93. The Balaban J connectivity index is 2.39. The Bertz CT molecular complexity index is 505. The summed E-state index contributed by atoms with van der Waals surface area (Å²) in [7, 11) is 0. The molecule has 1 heterocycles. The highest BCUT2D eigenvalue weighted by molar-refractivity contribution is 8.00. The molecule has 1 unspecified atom stereocenters. The van der Waals surface area contributed by atoms with Crippen LogP contribution >= 0.6 is 11.8 Å². The predicted molar refractivity (Wildman–Crippen MR) is 80.5 cm³/mol. The highest BCUT2D eigenvalue weighted by Gasteiger charge is 2.28. The van der Waals surface area contributed by atoms with Gasteiger partial charge in [-0.15, -0.1) is 0 Å². The molecule has 1 aliphatic heterocycles. The number of nitrogens with zero attached hydrogens (tertiary/aromatic N) is 2. The smallest absolute Gasteiger partial charge is 0.0992 e. The zero-order chi connectivity index (χ0) is 14.0. The van der Waals surface area contributed by atoms with Crippen molar-refractivity contribution in [2.24, 2.45) is 0 Å². The van der Waals surface area contributed by atoms with E-state index in [0.717, 1.165) is 30.1 Å². The van der Waals surface area contributed by atoms with Crippen LogP contribution in [0.15, 0.2) is 18.2 Å². The topological polar surface area (TPSA) is 47.3 Å². The zero-order valence-electron chi connectivity index (χ0n) is 11.7. The van der Waals surface area contributed by atoms with E-state index in [9.17, 15) is 5.11 Å². The lowest BCUT2D eigenvalue weighted by Crippen LogP contribution is -2.43. The molecule has 1 atom stereocenters. The fraction of sp³-hybridized carbons (Fsp3) is 0.533. The number of rotatable bonds is 2. The maximum absolute atomic E-state index is 9.91. The lowest BCUT2D eigenvalue weighted by atomic mass is 10.0. The van der Waals surface area contributed by atoms with Crippen molar-refractivity contribution in [2.75, 3.05) is 23.7 Å². The molecule has 102 valence electrons. The van der Waals surface area contributed by atoms with Gasteiger partial charge >= 0.3 is 0 Å². The molecule has 0 bridgehead atoms. The second kappa shape index (κ2) is 5.44. The number of hydrogen-bond donors (Lipinski definition) is 1.